The summed E-state index contributed by atoms with van der Waals surface area (Å²) in [6, 6.07) is 6.23. The second kappa shape index (κ2) is 6.10. The molecule has 0 atom stereocenters. The van der Waals surface area contributed by atoms with E-state index in [1.54, 1.807) is 6.07 Å². The van der Waals surface area contributed by atoms with Crippen LogP contribution in [0.1, 0.15) is 17.3 Å². The Morgan fingerprint density at radius 2 is 2.05 bits per heavy atom. The van der Waals surface area contributed by atoms with Gasteiger partial charge in [-0.25, -0.2) is 13.8 Å². The van der Waals surface area contributed by atoms with Gasteiger partial charge < -0.3 is 10.1 Å². The quantitative estimate of drug-likeness (QED) is 0.935. The molecule has 0 saturated heterocycles. The minimum Gasteiger partial charge on any atom is -0.478 e. The maximum atomic E-state index is 13.0. The number of anilines is 1. The molecule has 0 unspecified atom stereocenters. The maximum absolute atomic E-state index is 13.0. The Hall–Kier alpha value is -2.50. The summed E-state index contributed by atoms with van der Waals surface area (Å²) in [5.41, 5.74) is 0.459. The highest BCUT2D eigenvalue weighted by Crippen LogP contribution is 2.15. The number of hydrogen-bond donors (Lipinski definition) is 1. The van der Waals surface area contributed by atoms with Crippen molar-refractivity contribution in [2.75, 3.05) is 11.9 Å². The van der Waals surface area contributed by atoms with E-state index in [9.17, 15) is 13.6 Å². The van der Waals surface area contributed by atoms with Crippen molar-refractivity contribution in [2.24, 2.45) is 0 Å². The summed E-state index contributed by atoms with van der Waals surface area (Å²) < 4.78 is 30.9. The molecule has 6 heteroatoms. The van der Waals surface area contributed by atoms with E-state index in [4.69, 9.17) is 4.74 Å². The van der Waals surface area contributed by atoms with Gasteiger partial charge >= 0.3 is 0 Å². The van der Waals surface area contributed by atoms with Crippen LogP contribution in [0.3, 0.4) is 0 Å². The van der Waals surface area contributed by atoms with Crippen LogP contribution in [0.4, 0.5) is 14.5 Å². The Labute approximate surface area is 114 Å². The van der Waals surface area contributed by atoms with Gasteiger partial charge in [0, 0.05) is 24.0 Å². The highest BCUT2D eigenvalue weighted by molar-refractivity contribution is 6.04. The predicted molar refractivity (Wildman–Crippen MR) is 69.7 cm³/mol. The first kappa shape index (κ1) is 13.9. The topological polar surface area (TPSA) is 51.2 Å². The van der Waals surface area contributed by atoms with Crippen LogP contribution in [0.25, 0.3) is 0 Å². The molecular weight excluding hydrogens is 266 g/mol. The number of benzene rings is 1. The van der Waals surface area contributed by atoms with Crippen LogP contribution in [-0.4, -0.2) is 17.5 Å². The van der Waals surface area contributed by atoms with Crippen LogP contribution >= 0.6 is 0 Å². The standard InChI is InChI=1S/C14H12F2N2O2/c1-2-20-13-6-3-9(8-17-13)14(19)18-10-4-5-11(15)12(16)7-10/h3-8H,2H2,1H3,(H,18,19). The minimum absolute atomic E-state index is 0.169. The van der Waals surface area contributed by atoms with E-state index < -0.39 is 17.5 Å². The number of amides is 1. The Morgan fingerprint density at radius 3 is 2.65 bits per heavy atom. The Kier molecular flexibility index (Phi) is 4.24. The van der Waals surface area contributed by atoms with Crippen molar-refractivity contribution >= 4 is 11.6 Å². The molecule has 2 aromatic rings. The average Bonchev–Trinajstić information content (AvgIpc) is 2.44. The fraction of sp³-hybridized carbons (Fsp3) is 0.143. The van der Waals surface area contributed by atoms with Crippen LogP contribution in [0.5, 0.6) is 5.88 Å². The van der Waals surface area contributed by atoms with Gasteiger partial charge in [0.1, 0.15) is 0 Å². The van der Waals surface area contributed by atoms with Gasteiger partial charge in [-0.2, -0.15) is 0 Å². The largest absolute Gasteiger partial charge is 0.478 e. The molecule has 0 spiro atoms. The summed E-state index contributed by atoms with van der Waals surface area (Å²) in [4.78, 5) is 15.8. The molecule has 1 N–H and O–H groups in total. The Bertz CT molecular complexity index is 615. The molecule has 0 saturated carbocycles. The van der Waals surface area contributed by atoms with Gasteiger partial charge in [0.05, 0.1) is 12.2 Å². The van der Waals surface area contributed by atoms with Gasteiger partial charge in [-0.3, -0.25) is 4.79 Å². The third kappa shape index (κ3) is 3.28. The van der Waals surface area contributed by atoms with E-state index in [0.717, 1.165) is 12.1 Å². The van der Waals surface area contributed by atoms with E-state index in [2.05, 4.69) is 10.3 Å². The number of pyridine rings is 1. The molecule has 104 valence electrons. The summed E-state index contributed by atoms with van der Waals surface area (Å²) in [5, 5.41) is 2.45. The maximum Gasteiger partial charge on any atom is 0.257 e. The molecule has 1 heterocycles. The number of nitrogens with one attached hydrogen (secondary N) is 1. The zero-order valence-electron chi connectivity index (χ0n) is 10.7. The first-order valence-electron chi connectivity index (χ1n) is 5.95. The second-order valence-corrected chi connectivity index (χ2v) is 3.90. The molecule has 0 bridgehead atoms. The molecule has 0 radical (unpaired) electrons. The number of carbonyl (C=O) groups excluding carboxylic acids is 1. The van der Waals surface area contributed by atoms with Gasteiger partial charge in [0.15, 0.2) is 11.6 Å². The molecule has 1 aromatic carbocycles. The van der Waals surface area contributed by atoms with Crippen molar-refractivity contribution in [1.82, 2.24) is 4.98 Å². The number of halogens is 2. The molecule has 0 aliphatic heterocycles. The van der Waals surface area contributed by atoms with E-state index in [1.165, 1.54) is 18.3 Å². The van der Waals surface area contributed by atoms with E-state index in [1.807, 2.05) is 6.92 Å². The first-order chi connectivity index (χ1) is 9.60. The minimum atomic E-state index is -1.02. The van der Waals surface area contributed by atoms with Crippen LogP contribution in [0.2, 0.25) is 0 Å². The molecule has 2 rings (SSSR count). The van der Waals surface area contributed by atoms with E-state index >= 15 is 0 Å². The monoisotopic (exact) mass is 278 g/mol. The number of hydrogen-bond acceptors (Lipinski definition) is 3. The van der Waals surface area contributed by atoms with Crippen LogP contribution in [0, 0.1) is 11.6 Å². The van der Waals surface area contributed by atoms with Crippen LogP contribution in [0.15, 0.2) is 36.5 Å². The van der Waals surface area contributed by atoms with Gasteiger partial charge in [0.25, 0.3) is 5.91 Å². The fourth-order valence-electron chi connectivity index (χ4n) is 1.53. The van der Waals surface area contributed by atoms with Crippen molar-refractivity contribution in [2.45, 2.75) is 6.92 Å². The highest BCUT2D eigenvalue weighted by Gasteiger charge is 2.09. The Morgan fingerprint density at radius 1 is 1.25 bits per heavy atom. The number of carbonyl (C=O) groups is 1. The predicted octanol–water partition coefficient (Wildman–Crippen LogP) is 3.01. The molecule has 1 amide bonds. The lowest BCUT2D eigenvalue weighted by atomic mass is 10.2. The molecule has 0 fully saturated rings. The van der Waals surface area contributed by atoms with Gasteiger partial charge in [0.2, 0.25) is 5.88 Å². The summed E-state index contributed by atoms with van der Waals surface area (Å²) in [5.74, 6) is -2.04. The van der Waals surface area contributed by atoms with Crippen molar-refractivity contribution in [3.63, 3.8) is 0 Å². The summed E-state index contributed by atoms with van der Waals surface area (Å²) in [6.45, 7) is 2.30. The van der Waals surface area contributed by atoms with Gasteiger partial charge in [-0.05, 0) is 25.1 Å². The first-order valence-corrected chi connectivity index (χ1v) is 5.95. The fourth-order valence-corrected chi connectivity index (χ4v) is 1.53. The SMILES string of the molecule is CCOc1ccc(C(=O)Nc2ccc(F)c(F)c2)cn1. The zero-order chi connectivity index (χ0) is 14.5. The van der Waals surface area contributed by atoms with Crippen LogP contribution < -0.4 is 10.1 Å². The number of aromatic nitrogens is 1. The molecule has 0 aliphatic carbocycles. The lowest BCUT2D eigenvalue weighted by Gasteiger charge is -2.06. The molecule has 0 aliphatic rings. The van der Waals surface area contributed by atoms with Crippen molar-refractivity contribution in [3.05, 3.63) is 53.7 Å². The smallest absolute Gasteiger partial charge is 0.257 e. The van der Waals surface area contributed by atoms with E-state index in [0.29, 0.717) is 12.5 Å². The lowest BCUT2D eigenvalue weighted by Crippen LogP contribution is -2.12. The number of rotatable bonds is 4. The summed E-state index contributed by atoms with van der Waals surface area (Å²) >= 11 is 0. The van der Waals surface area contributed by atoms with Crippen molar-refractivity contribution in [3.8, 4) is 5.88 Å². The van der Waals surface area contributed by atoms with Gasteiger partial charge in [-0.1, -0.05) is 0 Å². The van der Waals surface area contributed by atoms with Crippen LogP contribution in [-0.2, 0) is 0 Å². The number of nitrogens with zero attached hydrogens (tertiary/aromatic N) is 1. The average molecular weight is 278 g/mol. The third-order valence-electron chi connectivity index (χ3n) is 2.47. The zero-order valence-corrected chi connectivity index (χ0v) is 10.7. The lowest BCUT2D eigenvalue weighted by molar-refractivity contribution is 0.102. The number of ether oxygens (including phenoxy) is 1. The summed E-state index contributed by atoms with van der Waals surface area (Å²) in [6.07, 6.45) is 1.35. The molecule has 20 heavy (non-hydrogen) atoms. The molecular formula is C14H12F2N2O2. The van der Waals surface area contributed by atoms with Crippen molar-refractivity contribution in [1.29, 1.82) is 0 Å². The highest BCUT2D eigenvalue weighted by atomic mass is 19.2. The van der Waals surface area contributed by atoms with Crippen molar-refractivity contribution < 1.29 is 18.3 Å². The Balaban J connectivity index is 2.09. The molecule has 1 aromatic heterocycles. The second-order valence-electron chi connectivity index (χ2n) is 3.90. The summed E-state index contributed by atoms with van der Waals surface area (Å²) in [7, 11) is 0. The van der Waals surface area contributed by atoms with E-state index in [-0.39, 0.29) is 11.3 Å². The van der Waals surface area contributed by atoms with Gasteiger partial charge in [-0.15, -0.1) is 0 Å². The normalized spacial score (nSPS) is 10.2. The molecule has 4 nitrogen and oxygen atoms in total. The third-order valence-corrected chi connectivity index (χ3v) is 2.47.